The summed E-state index contributed by atoms with van der Waals surface area (Å²) in [6, 6.07) is 14.7. The maximum atomic E-state index is 13.2. The molecular weight excluding hydrogens is 362 g/mol. The van der Waals surface area contributed by atoms with Crippen LogP contribution in [0.5, 0.6) is 0 Å². The average Bonchev–Trinajstić information content (AvgIpc) is 2.85. The lowest BCUT2D eigenvalue weighted by atomic mass is 10.1. The second kappa shape index (κ2) is 8.65. The summed E-state index contributed by atoms with van der Waals surface area (Å²) in [5.74, 6) is -0.0306. The van der Waals surface area contributed by atoms with Gasteiger partial charge in [0.2, 0.25) is 15.9 Å². The number of amides is 1. The lowest BCUT2D eigenvalue weighted by Gasteiger charge is -2.22. The minimum atomic E-state index is -3.65. The number of sulfonamides is 1. The number of nitrogens with two attached hydrogens (primary N) is 1. The minimum Gasteiger partial charge on any atom is -0.329 e. The second-order valence-electron chi connectivity index (χ2n) is 6.65. The molecule has 0 saturated carbocycles. The lowest BCUT2D eigenvalue weighted by Crippen LogP contribution is -2.37. The van der Waals surface area contributed by atoms with Gasteiger partial charge in [0.05, 0.1) is 4.90 Å². The highest BCUT2D eigenvalue weighted by Gasteiger charge is 2.25. The van der Waals surface area contributed by atoms with Crippen molar-refractivity contribution in [1.82, 2.24) is 4.31 Å². The molecule has 27 heavy (non-hydrogen) atoms. The van der Waals surface area contributed by atoms with Crippen LogP contribution in [-0.2, 0) is 27.7 Å². The predicted octanol–water partition coefficient (Wildman–Crippen LogP) is 2.15. The van der Waals surface area contributed by atoms with Gasteiger partial charge in [-0.2, -0.15) is 4.31 Å². The first-order valence-electron chi connectivity index (χ1n) is 9.17. The average molecular weight is 388 g/mol. The zero-order valence-electron chi connectivity index (χ0n) is 15.2. The Hall–Kier alpha value is -2.22. The number of carbonyl (C=O) groups is 1. The number of hydrogen-bond donors (Lipinski definition) is 2. The van der Waals surface area contributed by atoms with Gasteiger partial charge in [0.25, 0.3) is 0 Å². The zero-order valence-corrected chi connectivity index (χ0v) is 16.0. The number of rotatable bonds is 7. The Morgan fingerprint density at radius 2 is 1.81 bits per heavy atom. The van der Waals surface area contributed by atoms with Crippen LogP contribution in [0.15, 0.2) is 53.4 Å². The van der Waals surface area contributed by atoms with E-state index in [0.29, 0.717) is 37.9 Å². The van der Waals surface area contributed by atoms with Crippen molar-refractivity contribution >= 4 is 21.6 Å². The molecule has 0 atom stereocenters. The number of anilines is 1. The molecule has 0 saturated heterocycles. The monoisotopic (exact) mass is 387 g/mol. The third-order valence-electron chi connectivity index (χ3n) is 4.71. The van der Waals surface area contributed by atoms with E-state index >= 15 is 0 Å². The van der Waals surface area contributed by atoms with Gasteiger partial charge >= 0.3 is 0 Å². The van der Waals surface area contributed by atoms with Crippen LogP contribution in [0.3, 0.4) is 0 Å². The van der Waals surface area contributed by atoms with E-state index in [1.165, 1.54) is 4.31 Å². The molecule has 1 aliphatic rings. The molecule has 6 nitrogen and oxygen atoms in total. The number of nitrogens with zero attached hydrogens (tertiary/aromatic N) is 1. The van der Waals surface area contributed by atoms with E-state index in [-0.39, 0.29) is 23.9 Å². The van der Waals surface area contributed by atoms with Crippen LogP contribution in [0.4, 0.5) is 5.69 Å². The number of fused-ring (bicyclic) bond motifs is 1. The van der Waals surface area contributed by atoms with Crippen molar-refractivity contribution < 1.29 is 13.2 Å². The van der Waals surface area contributed by atoms with Crippen molar-refractivity contribution in [2.45, 2.75) is 30.6 Å². The molecule has 0 bridgehead atoms. The predicted molar refractivity (Wildman–Crippen MR) is 106 cm³/mol. The molecule has 0 aliphatic carbocycles. The van der Waals surface area contributed by atoms with E-state index < -0.39 is 10.0 Å². The third kappa shape index (κ3) is 4.74. The molecule has 0 fully saturated rings. The highest BCUT2D eigenvalue weighted by molar-refractivity contribution is 7.89. The van der Waals surface area contributed by atoms with Gasteiger partial charge < -0.3 is 11.1 Å². The Bertz CT molecular complexity index is 898. The van der Waals surface area contributed by atoms with Gasteiger partial charge in [-0.1, -0.05) is 30.3 Å². The van der Waals surface area contributed by atoms with Crippen molar-refractivity contribution in [3.63, 3.8) is 0 Å². The zero-order chi connectivity index (χ0) is 19.3. The Labute approximate surface area is 160 Å². The Balaban J connectivity index is 1.83. The van der Waals surface area contributed by atoms with Gasteiger partial charge in [0, 0.05) is 31.7 Å². The van der Waals surface area contributed by atoms with Gasteiger partial charge in [0.1, 0.15) is 0 Å². The van der Waals surface area contributed by atoms with E-state index in [4.69, 9.17) is 5.73 Å². The van der Waals surface area contributed by atoms with Crippen LogP contribution in [0.1, 0.15) is 24.0 Å². The molecule has 1 heterocycles. The maximum absolute atomic E-state index is 13.2. The summed E-state index contributed by atoms with van der Waals surface area (Å²) in [6.45, 7) is 0.898. The first-order chi connectivity index (χ1) is 13.0. The summed E-state index contributed by atoms with van der Waals surface area (Å²) in [5, 5.41) is 2.83. The summed E-state index contributed by atoms with van der Waals surface area (Å²) in [6.07, 6.45) is 2.47. The fourth-order valence-corrected chi connectivity index (χ4v) is 4.76. The highest BCUT2D eigenvalue weighted by Crippen LogP contribution is 2.26. The Morgan fingerprint density at radius 1 is 1.04 bits per heavy atom. The molecule has 7 heteroatoms. The van der Waals surface area contributed by atoms with Crippen molar-refractivity contribution in [3.8, 4) is 0 Å². The maximum Gasteiger partial charge on any atom is 0.243 e. The number of carbonyl (C=O) groups excluding carboxylic acids is 1. The molecule has 1 aliphatic heterocycles. The molecular formula is C20H25N3O3S. The molecule has 0 aromatic heterocycles. The van der Waals surface area contributed by atoms with Crippen LogP contribution in [0.25, 0.3) is 0 Å². The van der Waals surface area contributed by atoms with Gasteiger partial charge in [-0.05, 0) is 48.6 Å². The molecule has 1 amide bonds. The topological polar surface area (TPSA) is 92.5 Å². The normalized spacial score (nSPS) is 14.5. The first kappa shape index (κ1) is 19.5. The first-order valence-corrected chi connectivity index (χ1v) is 10.6. The van der Waals surface area contributed by atoms with E-state index in [0.717, 1.165) is 11.1 Å². The number of benzene rings is 2. The van der Waals surface area contributed by atoms with E-state index in [9.17, 15) is 13.2 Å². The standard InChI is InChI=1S/C20H25N3O3S/c21-12-14-23(13-11-16-5-2-1-3-6-16)27(25,26)18-9-10-19-17(15-18)7-4-8-20(24)22-19/h1-3,5-6,9-10,15H,4,7-8,11-14,21H2,(H,22,24). The number of aryl methyl sites for hydroxylation is 1. The molecule has 144 valence electrons. The van der Waals surface area contributed by atoms with Gasteiger partial charge in [-0.3, -0.25) is 4.79 Å². The minimum absolute atomic E-state index is 0.0306. The SMILES string of the molecule is NCCN(CCc1ccccc1)S(=O)(=O)c1ccc2c(c1)CCCC(=O)N2. The van der Waals surface area contributed by atoms with Gasteiger partial charge in [0.15, 0.2) is 0 Å². The third-order valence-corrected chi connectivity index (χ3v) is 6.60. The number of hydrogen-bond acceptors (Lipinski definition) is 4. The fraction of sp³-hybridized carbons (Fsp3) is 0.350. The smallest absolute Gasteiger partial charge is 0.243 e. The fourth-order valence-electron chi connectivity index (χ4n) is 3.26. The van der Waals surface area contributed by atoms with Crippen molar-refractivity contribution in [1.29, 1.82) is 0 Å². The van der Waals surface area contributed by atoms with E-state index in [1.54, 1.807) is 18.2 Å². The van der Waals surface area contributed by atoms with Gasteiger partial charge in [-0.25, -0.2) is 8.42 Å². The van der Waals surface area contributed by atoms with Gasteiger partial charge in [-0.15, -0.1) is 0 Å². The Morgan fingerprint density at radius 3 is 2.56 bits per heavy atom. The summed E-state index contributed by atoms with van der Waals surface area (Å²) >= 11 is 0. The molecule has 3 rings (SSSR count). The summed E-state index contributed by atoms with van der Waals surface area (Å²) in [4.78, 5) is 11.9. The highest BCUT2D eigenvalue weighted by atomic mass is 32.2. The quantitative estimate of drug-likeness (QED) is 0.761. The lowest BCUT2D eigenvalue weighted by molar-refractivity contribution is -0.116. The summed E-state index contributed by atoms with van der Waals surface area (Å²) < 4.78 is 27.8. The summed E-state index contributed by atoms with van der Waals surface area (Å²) in [7, 11) is -3.65. The van der Waals surface area contributed by atoms with E-state index in [1.807, 2.05) is 30.3 Å². The van der Waals surface area contributed by atoms with Crippen LogP contribution in [0, 0.1) is 0 Å². The van der Waals surface area contributed by atoms with Crippen molar-refractivity contribution in [2.75, 3.05) is 25.0 Å². The Kier molecular flexibility index (Phi) is 6.26. The van der Waals surface area contributed by atoms with Crippen LogP contribution >= 0.6 is 0 Å². The van der Waals surface area contributed by atoms with Crippen LogP contribution in [-0.4, -0.2) is 38.3 Å². The molecule has 2 aromatic carbocycles. The molecule has 0 spiro atoms. The second-order valence-corrected chi connectivity index (χ2v) is 8.59. The molecule has 2 aromatic rings. The number of nitrogens with one attached hydrogen (secondary N) is 1. The largest absolute Gasteiger partial charge is 0.329 e. The van der Waals surface area contributed by atoms with Crippen LogP contribution < -0.4 is 11.1 Å². The molecule has 0 unspecified atom stereocenters. The van der Waals surface area contributed by atoms with Crippen molar-refractivity contribution in [2.24, 2.45) is 5.73 Å². The van der Waals surface area contributed by atoms with E-state index in [2.05, 4.69) is 5.32 Å². The summed E-state index contributed by atoms with van der Waals surface area (Å²) in [5.41, 5.74) is 8.31. The molecule has 0 radical (unpaired) electrons. The van der Waals surface area contributed by atoms with Crippen molar-refractivity contribution in [3.05, 3.63) is 59.7 Å². The van der Waals surface area contributed by atoms with Crippen LogP contribution in [0.2, 0.25) is 0 Å². The molecule has 3 N–H and O–H groups in total.